The number of hydrogen-bond acceptors (Lipinski definition) is 8. The first-order valence-electron chi connectivity index (χ1n) is 21.3. The highest BCUT2D eigenvalue weighted by molar-refractivity contribution is 7.47. The lowest BCUT2D eigenvalue weighted by molar-refractivity contribution is -0.147. The molecule has 0 aliphatic heterocycles. The van der Waals surface area contributed by atoms with Crippen molar-refractivity contribution in [2.45, 2.75) is 180 Å². The highest BCUT2D eigenvalue weighted by Gasteiger charge is 2.28. The van der Waals surface area contributed by atoms with E-state index in [1.807, 2.05) is 0 Å². The highest BCUT2D eigenvalue weighted by atomic mass is 31.2. The number of carbonyl (C=O) groups is 3. The SMILES string of the molecule is CC/C=C\C/C=C\C/C=C\CCCCCC(=O)NC(COP(=O)(O)OCC(O)COC(=O)CCCCCCCCCCC/C=C\C/C=C\CCCCC)C(=O)O. The number of carbonyl (C=O) groups excluding carboxylic acids is 2. The summed E-state index contributed by atoms with van der Waals surface area (Å²) >= 11 is 0. The van der Waals surface area contributed by atoms with Crippen molar-refractivity contribution in [1.82, 2.24) is 5.32 Å². The summed E-state index contributed by atoms with van der Waals surface area (Å²) in [4.78, 5) is 45.8. The van der Waals surface area contributed by atoms with Crippen LogP contribution >= 0.6 is 7.82 Å². The molecule has 3 unspecified atom stereocenters. The van der Waals surface area contributed by atoms with E-state index < -0.39 is 57.6 Å². The molecule has 56 heavy (non-hydrogen) atoms. The molecule has 0 aliphatic rings. The Morgan fingerprint density at radius 3 is 1.57 bits per heavy atom. The number of allylic oxidation sites excluding steroid dienone is 10. The van der Waals surface area contributed by atoms with Gasteiger partial charge in [-0.1, -0.05) is 139 Å². The first kappa shape index (κ1) is 53.2. The molecule has 12 heteroatoms. The molecule has 0 fully saturated rings. The standard InChI is InChI=1S/C44H76NO10P/c1-3-5-7-9-11-13-15-17-18-19-20-21-22-24-26-28-30-32-34-36-43(48)53-37-40(46)38-54-56(51,52)55-39-41(44(49)50)45-42(47)35-33-31-29-27-25-23-16-14-12-10-8-6-4-2/h6,8,11-14,17-18,23,25,40-41,46H,3-5,7,9-10,15-16,19-22,24,26-39H2,1-2H3,(H,45,47)(H,49,50)(H,51,52)/b8-6-,13-11-,14-12-,18-17-,25-23-. The molecule has 0 bridgehead atoms. The number of carboxylic acid groups (broad SMARTS) is 1. The van der Waals surface area contributed by atoms with E-state index in [9.17, 15) is 34.1 Å². The number of esters is 1. The number of carboxylic acids is 1. The predicted octanol–water partition coefficient (Wildman–Crippen LogP) is 10.8. The van der Waals surface area contributed by atoms with E-state index in [0.29, 0.717) is 12.8 Å². The van der Waals surface area contributed by atoms with E-state index in [-0.39, 0.29) is 12.8 Å². The largest absolute Gasteiger partial charge is 0.480 e. The molecule has 0 aromatic rings. The second kappa shape index (κ2) is 39.0. The number of ether oxygens (including phenoxy) is 1. The number of rotatable bonds is 39. The summed E-state index contributed by atoms with van der Waals surface area (Å²) in [5.74, 6) is -2.43. The molecule has 11 nitrogen and oxygen atoms in total. The molecule has 3 atom stereocenters. The van der Waals surface area contributed by atoms with Crippen LogP contribution in [0.3, 0.4) is 0 Å². The van der Waals surface area contributed by atoms with Gasteiger partial charge in [-0.25, -0.2) is 9.36 Å². The molecule has 0 heterocycles. The Morgan fingerprint density at radius 2 is 1.04 bits per heavy atom. The van der Waals surface area contributed by atoms with Gasteiger partial charge in [-0.15, -0.1) is 0 Å². The fourth-order valence-corrected chi connectivity index (χ4v) is 6.25. The normalized spacial score (nSPS) is 14.4. The maximum Gasteiger partial charge on any atom is 0.472 e. The number of amides is 1. The number of phosphoric acid groups is 1. The van der Waals surface area contributed by atoms with Crippen LogP contribution in [0.5, 0.6) is 0 Å². The average Bonchev–Trinajstić information content (AvgIpc) is 3.17. The van der Waals surface area contributed by atoms with Crippen LogP contribution in [0.4, 0.5) is 0 Å². The molecule has 322 valence electrons. The fraction of sp³-hybridized carbons (Fsp3) is 0.705. The molecular weight excluding hydrogens is 733 g/mol. The van der Waals surface area contributed by atoms with Crippen molar-refractivity contribution in [3.05, 3.63) is 60.8 Å². The van der Waals surface area contributed by atoms with Crippen LogP contribution in [-0.4, -0.2) is 64.9 Å². The summed E-state index contributed by atoms with van der Waals surface area (Å²) in [5, 5.41) is 21.8. The first-order valence-corrected chi connectivity index (χ1v) is 22.8. The minimum absolute atomic E-state index is 0.108. The van der Waals surface area contributed by atoms with Gasteiger partial charge in [0.2, 0.25) is 5.91 Å². The number of phosphoric ester groups is 1. The third kappa shape index (κ3) is 38.1. The topological polar surface area (TPSA) is 169 Å². The van der Waals surface area contributed by atoms with Crippen LogP contribution in [0.1, 0.15) is 168 Å². The second-order valence-electron chi connectivity index (χ2n) is 14.1. The lowest BCUT2D eigenvalue weighted by Gasteiger charge is -2.18. The summed E-state index contributed by atoms with van der Waals surface area (Å²) in [6.07, 6.45) is 43.9. The van der Waals surface area contributed by atoms with Crippen molar-refractivity contribution in [2.24, 2.45) is 0 Å². The minimum atomic E-state index is -4.77. The van der Waals surface area contributed by atoms with Crippen LogP contribution in [0, 0.1) is 0 Å². The molecule has 0 aromatic heterocycles. The summed E-state index contributed by atoms with van der Waals surface area (Å²) < 4.78 is 26.8. The number of hydrogen-bond donors (Lipinski definition) is 4. The molecular formula is C44H76NO10P. The molecule has 0 aromatic carbocycles. The quantitative estimate of drug-likeness (QED) is 0.0203. The van der Waals surface area contributed by atoms with E-state index in [2.05, 4.69) is 79.9 Å². The third-order valence-corrected chi connectivity index (χ3v) is 9.74. The van der Waals surface area contributed by atoms with Gasteiger partial charge < -0.3 is 25.2 Å². The number of unbranched alkanes of at least 4 members (excludes halogenated alkanes) is 15. The smallest absolute Gasteiger partial charge is 0.472 e. The monoisotopic (exact) mass is 810 g/mol. The van der Waals surface area contributed by atoms with Crippen molar-refractivity contribution in [1.29, 1.82) is 0 Å². The van der Waals surface area contributed by atoms with E-state index in [0.717, 1.165) is 70.6 Å². The van der Waals surface area contributed by atoms with Gasteiger partial charge in [-0.3, -0.25) is 18.6 Å². The third-order valence-electron chi connectivity index (χ3n) is 8.79. The molecule has 0 saturated carbocycles. The maximum atomic E-state index is 12.3. The first-order chi connectivity index (χ1) is 27.1. The Hall–Kier alpha value is -2.82. The Kier molecular flexibility index (Phi) is 37.1. The lowest BCUT2D eigenvalue weighted by atomic mass is 10.1. The van der Waals surface area contributed by atoms with Gasteiger partial charge in [0.05, 0.1) is 13.2 Å². The van der Waals surface area contributed by atoms with E-state index >= 15 is 0 Å². The zero-order valence-electron chi connectivity index (χ0n) is 34.7. The zero-order valence-corrected chi connectivity index (χ0v) is 35.6. The lowest BCUT2D eigenvalue weighted by Crippen LogP contribution is -2.43. The summed E-state index contributed by atoms with van der Waals surface area (Å²) in [6, 6.07) is -1.56. The Bertz CT molecular complexity index is 1180. The predicted molar refractivity (Wildman–Crippen MR) is 226 cm³/mol. The number of aliphatic hydroxyl groups is 1. The van der Waals surface area contributed by atoms with Crippen molar-refractivity contribution >= 4 is 25.7 Å². The van der Waals surface area contributed by atoms with Gasteiger partial charge in [-0.2, -0.15) is 0 Å². The van der Waals surface area contributed by atoms with Gasteiger partial charge in [-0.05, 0) is 77.0 Å². The van der Waals surface area contributed by atoms with Crippen LogP contribution in [0.2, 0.25) is 0 Å². The van der Waals surface area contributed by atoms with Crippen molar-refractivity contribution in [2.75, 3.05) is 19.8 Å². The molecule has 0 saturated heterocycles. The number of aliphatic hydroxyl groups excluding tert-OH is 1. The van der Waals surface area contributed by atoms with Crippen LogP contribution in [0.15, 0.2) is 60.8 Å². The zero-order chi connectivity index (χ0) is 41.4. The van der Waals surface area contributed by atoms with Gasteiger partial charge in [0.25, 0.3) is 0 Å². The van der Waals surface area contributed by atoms with Crippen molar-refractivity contribution in [3.63, 3.8) is 0 Å². The summed E-state index contributed by atoms with van der Waals surface area (Å²) in [7, 11) is -4.77. The van der Waals surface area contributed by atoms with E-state index in [1.54, 1.807) is 0 Å². The van der Waals surface area contributed by atoms with Crippen LogP contribution < -0.4 is 5.32 Å². The van der Waals surface area contributed by atoms with Crippen LogP contribution in [0.25, 0.3) is 0 Å². The van der Waals surface area contributed by atoms with Crippen LogP contribution in [-0.2, 0) is 32.7 Å². The molecule has 1 amide bonds. The fourth-order valence-electron chi connectivity index (χ4n) is 5.48. The summed E-state index contributed by atoms with van der Waals surface area (Å²) in [6.45, 7) is 2.41. The maximum absolute atomic E-state index is 12.3. The number of nitrogens with one attached hydrogen (secondary N) is 1. The van der Waals surface area contributed by atoms with Gasteiger partial charge >= 0.3 is 19.8 Å². The van der Waals surface area contributed by atoms with Gasteiger partial charge in [0, 0.05) is 12.8 Å². The summed E-state index contributed by atoms with van der Waals surface area (Å²) in [5.41, 5.74) is 0. The average molecular weight is 810 g/mol. The molecule has 0 aliphatic carbocycles. The van der Waals surface area contributed by atoms with Gasteiger partial charge in [0.15, 0.2) is 6.04 Å². The van der Waals surface area contributed by atoms with Crippen molar-refractivity contribution < 1.29 is 47.8 Å². The minimum Gasteiger partial charge on any atom is -0.480 e. The Morgan fingerprint density at radius 1 is 0.589 bits per heavy atom. The highest BCUT2D eigenvalue weighted by Crippen LogP contribution is 2.43. The molecule has 4 N–H and O–H groups in total. The molecule has 0 spiro atoms. The Balaban J connectivity index is 3.93. The second-order valence-corrected chi connectivity index (χ2v) is 15.6. The van der Waals surface area contributed by atoms with E-state index in [1.165, 1.54) is 57.8 Å². The van der Waals surface area contributed by atoms with Crippen molar-refractivity contribution in [3.8, 4) is 0 Å². The molecule has 0 rings (SSSR count). The number of aliphatic carboxylic acids is 1. The van der Waals surface area contributed by atoms with E-state index in [4.69, 9.17) is 13.8 Å². The molecule has 0 radical (unpaired) electrons. The van der Waals surface area contributed by atoms with Gasteiger partial charge in [0.1, 0.15) is 12.7 Å². The Labute approximate surface area is 338 Å².